The van der Waals surface area contributed by atoms with E-state index in [4.69, 9.17) is 23.1 Å². The van der Waals surface area contributed by atoms with Gasteiger partial charge in [0, 0.05) is 12.6 Å². The van der Waals surface area contributed by atoms with Crippen molar-refractivity contribution in [2.24, 2.45) is 0 Å². The molecule has 88 valence electrons. The molecule has 1 fully saturated rings. The Morgan fingerprint density at radius 1 is 1.25 bits per heavy atom. The maximum atomic E-state index is 6.00. The van der Waals surface area contributed by atoms with E-state index < -0.39 is 0 Å². The summed E-state index contributed by atoms with van der Waals surface area (Å²) in [5, 5.41) is 0.533. The Morgan fingerprint density at radius 3 is 2.69 bits per heavy atom. The third kappa shape index (κ3) is 2.05. The van der Waals surface area contributed by atoms with Gasteiger partial charge in [0.2, 0.25) is 0 Å². The smallest absolute Gasteiger partial charge is 0.0657 e. The molecule has 0 amide bonds. The molecule has 0 aromatic heterocycles. The van der Waals surface area contributed by atoms with Crippen LogP contribution in [0.5, 0.6) is 0 Å². The van der Waals surface area contributed by atoms with E-state index in [0.29, 0.717) is 22.4 Å². The van der Waals surface area contributed by atoms with E-state index in [0.717, 1.165) is 12.2 Å². The van der Waals surface area contributed by atoms with Gasteiger partial charge in [0.05, 0.1) is 22.1 Å². The molecular formula is C12H18ClN3. The van der Waals surface area contributed by atoms with Crippen molar-refractivity contribution in [1.82, 2.24) is 0 Å². The van der Waals surface area contributed by atoms with Crippen molar-refractivity contribution in [1.29, 1.82) is 0 Å². The van der Waals surface area contributed by atoms with Crippen molar-refractivity contribution in [3.8, 4) is 0 Å². The second kappa shape index (κ2) is 4.42. The van der Waals surface area contributed by atoms with Crippen LogP contribution >= 0.6 is 11.6 Å². The van der Waals surface area contributed by atoms with Crippen LogP contribution < -0.4 is 16.4 Å². The molecule has 0 radical (unpaired) electrons. The van der Waals surface area contributed by atoms with Crippen molar-refractivity contribution >= 4 is 28.7 Å². The fraction of sp³-hybridized carbons (Fsp3) is 0.500. The van der Waals surface area contributed by atoms with Gasteiger partial charge in [-0.1, -0.05) is 11.6 Å². The van der Waals surface area contributed by atoms with Gasteiger partial charge < -0.3 is 16.4 Å². The van der Waals surface area contributed by atoms with E-state index in [9.17, 15) is 0 Å². The van der Waals surface area contributed by atoms with E-state index in [1.807, 2.05) is 6.07 Å². The number of nitrogens with zero attached hydrogens (tertiary/aromatic N) is 1. The Morgan fingerprint density at radius 2 is 2.00 bits per heavy atom. The summed E-state index contributed by atoms with van der Waals surface area (Å²) in [6.45, 7) is 3.27. The van der Waals surface area contributed by atoms with Gasteiger partial charge in [0.15, 0.2) is 0 Å². The number of nitrogens with two attached hydrogens (primary N) is 2. The first kappa shape index (κ1) is 11.4. The SMILES string of the molecule is CC1CCCCN1c1cc(N)c(Cl)cc1N. The Hall–Kier alpha value is -1.09. The minimum Gasteiger partial charge on any atom is -0.397 e. The summed E-state index contributed by atoms with van der Waals surface area (Å²) in [5.41, 5.74) is 14.2. The number of hydrogen-bond acceptors (Lipinski definition) is 3. The Bertz CT molecular complexity index is 392. The lowest BCUT2D eigenvalue weighted by Crippen LogP contribution is -2.37. The molecule has 1 unspecified atom stereocenters. The van der Waals surface area contributed by atoms with Gasteiger partial charge in [0.1, 0.15) is 0 Å². The van der Waals surface area contributed by atoms with Crippen LogP contribution in [0, 0.1) is 0 Å². The van der Waals surface area contributed by atoms with Gasteiger partial charge in [-0.05, 0) is 38.3 Å². The molecule has 1 aliphatic rings. The minimum absolute atomic E-state index is 0.525. The largest absolute Gasteiger partial charge is 0.397 e. The lowest BCUT2D eigenvalue weighted by Gasteiger charge is -2.36. The molecule has 16 heavy (non-hydrogen) atoms. The Labute approximate surface area is 101 Å². The molecule has 1 heterocycles. The molecule has 0 bridgehead atoms. The van der Waals surface area contributed by atoms with E-state index >= 15 is 0 Å². The summed E-state index contributed by atoms with van der Waals surface area (Å²) in [4.78, 5) is 2.32. The van der Waals surface area contributed by atoms with Crippen molar-refractivity contribution in [2.45, 2.75) is 32.2 Å². The zero-order valence-electron chi connectivity index (χ0n) is 9.54. The first-order chi connectivity index (χ1) is 7.59. The fourth-order valence-electron chi connectivity index (χ4n) is 2.30. The second-order valence-corrected chi connectivity index (χ2v) is 4.88. The number of rotatable bonds is 1. The van der Waals surface area contributed by atoms with Gasteiger partial charge >= 0.3 is 0 Å². The standard InChI is InChI=1S/C12H18ClN3/c1-8-4-2-3-5-16(8)12-7-10(14)9(13)6-11(12)15/h6-8H,2-5,14-15H2,1H3. The maximum absolute atomic E-state index is 6.00. The average Bonchev–Trinajstić information content (AvgIpc) is 2.25. The number of anilines is 3. The quantitative estimate of drug-likeness (QED) is 0.741. The highest BCUT2D eigenvalue weighted by Gasteiger charge is 2.20. The number of nitrogen functional groups attached to an aromatic ring is 2. The predicted molar refractivity (Wildman–Crippen MR) is 70.9 cm³/mol. The van der Waals surface area contributed by atoms with E-state index in [2.05, 4.69) is 11.8 Å². The first-order valence-corrected chi connectivity index (χ1v) is 6.08. The van der Waals surface area contributed by atoms with Crippen LogP contribution in [0.1, 0.15) is 26.2 Å². The molecule has 0 spiro atoms. The first-order valence-electron chi connectivity index (χ1n) is 5.70. The summed E-state index contributed by atoms with van der Waals surface area (Å²) < 4.78 is 0. The molecule has 3 nitrogen and oxygen atoms in total. The molecule has 4 N–H and O–H groups in total. The van der Waals surface area contributed by atoms with E-state index in [1.54, 1.807) is 6.07 Å². The Kier molecular flexibility index (Phi) is 3.15. The number of piperidine rings is 1. The molecular weight excluding hydrogens is 222 g/mol. The van der Waals surface area contributed by atoms with Gasteiger partial charge in [-0.2, -0.15) is 0 Å². The van der Waals surface area contributed by atoms with Crippen LogP contribution in [0.15, 0.2) is 12.1 Å². The third-order valence-electron chi connectivity index (χ3n) is 3.26. The van der Waals surface area contributed by atoms with Crippen LogP contribution in [0.2, 0.25) is 5.02 Å². The van der Waals surface area contributed by atoms with E-state index in [-0.39, 0.29) is 0 Å². The summed E-state index contributed by atoms with van der Waals surface area (Å²) >= 11 is 5.94. The molecule has 1 aromatic carbocycles. The summed E-state index contributed by atoms with van der Waals surface area (Å²) in [6, 6.07) is 4.16. The minimum atomic E-state index is 0.525. The molecule has 2 rings (SSSR count). The van der Waals surface area contributed by atoms with Crippen molar-refractivity contribution in [3.63, 3.8) is 0 Å². The molecule has 4 heteroatoms. The van der Waals surface area contributed by atoms with Crippen LogP contribution in [0.4, 0.5) is 17.1 Å². The molecule has 0 saturated carbocycles. The number of halogens is 1. The van der Waals surface area contributed by atoms with Gasteiger partial charge in [-0.15, -0.1) is 0 Å². The van der Waals surface area contributed by atoms with Crippen molar-refractivity contribution in [2.75, 3.05) is 22.9 Å². The zero-order valence-corrected chi connectivity index (χ0v) is 10.3. The molecule has 0 aliphatic carbocycles. The Balaban J connectivity index is 2.35. The summed E-state index contributed by atoms with van der Waals surface area (Å²) in [7, 11) is 0. The van der Waals surface area contributed by atoms with Gasteiger partial charge in [-0.3, -0.25) is 0 Å². The second-order valence-electron chi connectivity index (χ2n) is 4.47. The highest BCUT2D eigenvalue weighted by molar-refractivity contribution is 6.33. The molecule has 1 atom stereocenters. The summed E-state index contributed by atoms with van der Waals surface area (Å²) in [6.07, 6.45) is 3.72. The lowest BCUT2D eigenvalue weighted by molar-refractivity contribution is 0.485. The van der Waals surface area contributed by atoms with E-state index in [1.165, 1.54) is 19.3 Å². The van der Waals surface area contributed by atoms with Crippen LogP contribution in [0.25, 0.3) is 0 Å². The average molecular weight is 240 g/mol. The fourth-order valence-corrected chi connectivity index (χ4v) is 2.47. The normalized spacial score (nSPS) is 21.1. The maximum Gasteiger partial charge on any atom is 0.0657 e. The van der Waals surface area contributed by atoms with Gasteiger partial charge in [-0.25, -0.2) is 0 Å². The number of benzene rings is 1. The molecule has 1 saturated heterocycles. The van der Waals surface area contributed by atoms with Crippen LogP contribution in [0.3, 0.4) is 0 Å². The number of hydrogen-bond donors (Lipinski definition) is 2. The van der Waals surface area contributed by atoms with Crippen LogP contribution in [-0.4, -0.2) is 12.6 Å². The highest BCUT2D eigenvalue weighted by Crippen LogP contribution is 2.34. The molecule has 1 aromatic rings. The van der Waals surface area contributed by atoms with Gasteiger partial charge in [0.25, 0.3) is 0 Å². The predicted octanol–water partition coefficient (Wildman–Crippen LogP) is 2.88. The monoisotopic (exact) mass is 239 g/mol. The topological polar surface area (TPSA) is 55.3 Å². The summed E-state index contributed by atoms with van der Waals surface area (Å²) in [5.74, 6) is 0. The third-order valence-corrected chi connectivity index (χ3v) is 3.59. The molecule has 1 aliphatic heterocycles. The zero-order chi connectivity index (χ0) is 11.7. The van der Waals surface area contributed by atoms with Crippen molar-refractivity contribution in [3.05, 3.63) is 17.2 Å². The van der Waals surface area contributed by atoms with Crippen LogP contribution in [-0.2, 0) is 0 Å². The van der Waals surface area contributed by atoms with Crippen molar-refractivity contribution < 1.29 is 0 Å². The lowest BCUT2D eigenvalue weighted by atomic mass is 10.0. The highest BCUT2D eigenvalue weighted by atomic mass is 35.5.